The largest absolute Gasteiger partial charge is 0.497 e. The molecule has 6 nitrogen and oxygen atoms in total. The maximum Gasteiger partial charge on any atom is 0.254 e. The van der Waals surface area contributed by atoms with Crippen LogP contribution in [0.1, 0.15) is 74.0 Å². The van der Waals surface area contributed by atoms with Gasteiger partial charge < -0.3 is 19.1 Å². The summed E-state index contributed by atoms with van der Waals surface area (Å²) in [5.74, 6) is 0.593. The van der Waals surface area contributed by atoms with E-state index in [1.807, 2.05) is 11.8 Å². The van der Waals surface area contributed by atoms with Crippen LogP contribution in [0.2, 0.25) is 0 Å². The third kappa shape index (κ3) is 7.53. The van der Waals surface area contributed by atoms with Crippen molar-refractivity contribution in [3.05, 3.63) is 88.2 Å². The van der Waals surface area contributed by atoms with Crippen molar-refractivity contribution in [2.75, 3.05) is 13.7 Å². The number of methoxy groups -OCH3 is 1. The van der Waals surface area contributed by atoms with Gasteiger partial charge in [-0.25, -0.2) is 0 Å². The minimum Gasteiger partial charge on any atom is -0.497 e. The second-order valence-electron chi connectivity index (χ2n) is 10.5. The Hall–Kier alpha value is -3.06. The standard InChI is InChI=1S/C32H40BrN3O3/c1-4-24(2)35(32(38)26-14-18-30(39-3)19-15-26)23-31(37)36(28-9-6-5-7-10-28)22-29-11-8-20-34(29)21-25-12-16-27(33)17-13-25/h8,11-20,24,28H,4-7,9-10,21-23H2,1-3H3/t24-/m0/s1. The van der Waals surface area contributed by atoms with Crippen LogP contribution >= 0.6 is 15.9 Å². The van der Waals surface area contributed by atoms with Gasteiger partial charge in [0, 0.05) is 40.6 Å². The number of halogens is 1. The Morgan fingerprint density at radius 3 is 2.36 bits per heavy atom. The SMILES string of the molecule is CC[C@H](C)N(CC(=O)N(Cc1cccn1Cc1ccc(Br)cc1)C1CCCCC1)C(=O)c1ccc(OC)cc1. The van der Waals surface area contributed by atoms with Crippen molar-refractivity contribution in [3.8, 4) is 5.75 Å². The Labute approximate surface area is 241 Å². The summed E-state index contributed by atoms with van der Waals surface area (Å²) in [6.45, 7) is 5.43. The molecule has 0 N–H and O–H groups in total. The van der Waals surface area contributed by atoms with Gasteiger partial charge in [0.05, 0.1) is 13.7 Å². The van der Waals surface area contributed by atoms with Gasteiger partial charge in [0.1, 0.15) is 12.3 Å². The van der Waals surface area contributed by atoms with Crippen molar-refractivity contribution < 1.29 is 14.3 Å². The smallest absolute Gasteiger partial charge is 0.254 e. The lowest BCUT2D eigenvalue weighted by molar-refractivity contribution is -0.136. The van der Waals surface area contributed by atoms with Crippen LogP contribution in [0, 0.1) is 0 Å². The average Bonchev–Trinajstić information content (AvgIpc) is 3.41. The topological polar surface area (TPSA) is 54.8 Å². The summed E-state index contributed by atoms with van der Waals surface area (Å²) in [6.07, 6.45) is 8.36. The number of ether oxygens (including phenoxy) is 1. The third-order valence-electron chi connectivity index (χ3n) is 7.88. The molecule has 0 spiro atoms. The first-order chi connectivity index (χ1) is 18.9. The molecule has 39 heavy (non-hydrogen) atoms. The van der Waals surface area contributed by atoms with Gasteiger partial charge in [-0.15, -0.1) is 0 Å². The normalized spacial score (nSPS) is 14.6. The van der Waals surface area contributed by atoms with Crippen molar-refractivity contribution in [3.63, 3.8) is 0 Å². The van der Waals surface area contributed by atoms with Gasteiger partial charge in [0.25, 0.3) is 5.91 Å². The van der Waals surface area contributed by atoms with E-state index in [0.29, 0.717) is 17.9 Å². The van der Waals surface area contributed by atoms with Crippen LogP contribution in [-0.2, 0) is 17.9 Å². The van der Waals surface area contributed by atoms with Crippen LogP contribution in [0.25, 0.3) is 0 Å². The number of hydrogen-bond acceptors (Lipinski definition) is 3. The third-order valence-corrected chi connectivity index (χ3v) is 8.41. The Morgan fingerprint density at radius 2 is 1.72 bits per heavy atom. The van der Waals surface area contributed by atoms with Gasteiger partial charge in [-0.05, 0) is 80.3 Å². The molecule has 0 saturated heterocycles. The van der Waals surface area contributed by atoms with E-state index in [0.717, 1.165) is 48.8 Å². The molecule has 1 atom stereocenters. The predicted molar refractivity (Wildman–Crippen MR) is 159 cm³/mol. The summed E-state index contributed by atoms with van der Waals surface area (Å²) >= 11 is 3.51. The molecule has 1 heterocycles. The molecule has 3 aromatic rings. The highest BCUT2D eigenvalue weighted by atomic mass is 79.9. The van der Waals surface area contributed by atoms with E-state index in [1.54, 1.807) is 36.3 Å². The Kier molecular flexibility index (Phi) is 10.3. The van der Waals surface area contributed by atoms with Gasteiger partial charge in [0.15, 0.2) is 0 Å². The minimum atomic E-state index is -0.123. The molecule has 208 valence electrons. The number of rotatable bonds is 11. The van der Waals surface area contributed by atoms with Gasteiger partial charge in [-0.2, -0.15) is 0 Å². The molecule has 4 rings (SSSR count). The van der Waals surface area contributed by atoms with Crippen molar-refractivity contribution >= 4 is 27.7 Å². The highest BCUT2D eigenvalue weighted by Gasteiger charge is 2.30. The quantitative estimate of drug-likeness (QED) is 0.243. The molecular weight excluding hydrogens is 554 g/mol. The number of amides is 2. The monoisotopic (exact) mass is 593 g/mol. The summed E-state index contributed by atoms with van der Waals surface area (Å²) < 4.78 is 8.54. The van der Waals surface area contributed by atoms with Gasteiger partial charge in [-0.3, -0.25) is 9.59 Å². The molecule has 2 amide bonds. The van der Waals surface area contributed by atoms with E-state index in [9.17, 15) is 9.59 Å². The highest BCUT2D eigenvalue weighted by Crippen LogP contribution is 2.26. The van der Waals surface area contributed by atoms with Crippen LogP contribution in [0.3, 0.4) is 0 Å². The van der Waals surface area contributed by atoms with E-state index >= 15 is 0 Å². The van der Waals surface area contributed by atoms with Crippen molar-refractivity contribution in [1.29, 1.82) is 0 Å². The number of benzene rings is 2. The van der Waals surface area contributed by atoms with E-state index in [-0.39, 0.29) is 30.4 Å². The molecule has 1 aliphatic rings. The summed E-state index contributed by atoms with van der Waals surface area (Å²) in [6, 6.07) is 19.8. The van der Waals surface area contributed by atoms with Crippen molar-refractivity contribution in [2.24, 2.45) is 0 Å². The molecule has 1 aliphatic carbocycles. The Bertz CT molecular complexity index is 1220. The molecule has 7 heteroatoms. The summed E-state index contributed by atoms with van der Waals surface area (Å²) in [4.78, 5) is 31.4. The number of hydrogen-bond donors (Lipinski definition) is 0. The highest BCUT2D eigenvalue weighted by molar-refractivity contribution is 9.10. The molecule has 0 unspecified atom stereocenters. The zero-order valence-electron chi connectivity index (χ0n) is 23.3. The molecule has 0 bridgehead atoms. The fourth-order valence-electron chi connectivity index (χ4n) is 5.31. The summed E-state index contributed by atoms with van der Waals surface area (Å²) in [5.41, 5.74) is 2.88. The second kappa shape index (κ2) is 13.8. The Morgan fingerprint density at radius 1 is 1.03 bits per heavy atom. The van der Waals surface area contributed by atoms with Crippen molar-refractivity contribution in [2.45, 2.75) is 77.5 Å². The molecule has 0 radical (unpaired) electrons. The Balaban J connectivity index is 1.55. The van der Waals surface area contributed by atoms with Gasteiger partial charge in [0.2, 0.25) is 5.91 Å². The fourth-order valence-corrected chi connectivity index (χ4v) is 5.57. The number of carbonyl (C=O) groups is 2. The van der Waals surface area contributed by atoms with Crippen molar-refractivity contribution in [1.82, 2.24) is 14.4 Å². The number of nitrogens with zero attached hydrogens (tertiary/aromatic N) is 3. The van der Waals surface area contributed by atoms with Crippen LogP contribution < -0.4 is 4.74 Å². The number of carbonyl (C=O) groups excluding carboxylic acids is 2. The molecule has 1 saturated carbocycles. The lowest BCUT2D eigenvalue weighted by Crippen LogP contribution is -2.49. The predicted octanol–water partition coefficient (Wildman–Crippen LogP) is 6.91. The first-order valence-corrected chi connectivity index (χ1v) is 14.8. The maximum atomic E-state index is 14.0. The zero-order valence-corrected chi connectivity index (χ0v) is 24.9. The lowest BCUT2D eigenvalue weighted by Gasteiger charge is -2.37. The zero-order chi connectivity index (χ0) is 27.8. The first-order valence-electron chi connectivity index (χ1n) is 14.0. The summed E-state index contributed by atoms with van der Waals surface area (Å²) in [7, 11) is 1.61. The van der Waals surface area contributed by atoms with E-state index in [4.69, 9.17) is 4.74 Å². The van der Waals surface area contributed by atoms with Crippen LogP contribution in [0.5, 0.6) is 5.75 Å². The van der Waals surface area contributed by atoms with Crippen LogP contribution in [0.15, 0.2) is 71.3 Å². The van der Waals surface area contributed by atoms with E-state index < -0.39 is 0 Å². The molecule has 2 aromatic carbocycles. The minimum absolute atomic E-state index is 0.0143. The fraction of sp³-hybridized carbons (Fsp3) is 0.438. The van der Waals surface area contributed by atoms with Crippen LogP contribution in [-0.4, -0.2) is 51.9 Å². The van der Waals surface area contributed by atoms with E-state index in [1.165, 1.54) is 12.0 Å². The molecule has 1 aromatic heterocycles. The number of aromatic nitrogens is 1. The second-order valence-corrected chi connectivity index (χ2v) is 11.4. The van der Waals surface area contributed by atoms with Gasteiger partial charge in [-0.1, -0.05) is 54.2 Å². The maximum absolute atomic E-state index is 14.0. The molecule has 1 fully saturated rings. The van der Waals surface area contributed by atoms with E-state index in [2.05, 4.69) is 70.0 Å². The molecular formula is C32H40BrN3O3. The first kappa shape index (κ1) is 28.9. The average molecular weight is 595 g/mol. The summed E-state index contributed by atoms with van der Waals surface area (Å²) in [5, 5.41) is 0. The van der Waals surface area contributed by atoms with Crippen LogP contribution in [0.4, 0.5) is 0 Å². The van der Waals surface area contributed by atoms with Gasteiger partial charge >= 0.3 is 0 Å². The molecule has 0 aliphatic heterocycles. The lowest BCUT2D eigenvalue weighted by atomic mass is 9.94.